The average Bonchev–Trinajstić information content (AvgIpc) is 3.15. The number of amides is 4. The molecule has 2 aliphatic rings. The monoisotopic (exact) mass is 404 g/mol. The SMILES string of the molecule is O=C(CCCN1C(=O)c2ccccc2C1=O)CCCN1C(=O)c2ccccc2C1=O. The largest absolute Gasteiger partial charge is 0.300 e. The smallest absolute Gasteiger partial charge is 0.261 e. The lowest BCUT2D eigenvalue weighted by Crippen LogP contribution is -2.31. The first-order chi connectivity index (χ1) is 14.5. The van der Waals surface area contributed by atoms with Crippen LogP contribution in [0.3, 0.4) is 0 Å². The molecule has 0 aliphatic carbocycles. The van der Waals surface area contributed by atoms with E-state index in [9.17, 15) is 24.0 Å². The molecule has 30 heavy (non-hydrogen) atoms. The van der Waals surface area contributed by atoms with Gasteiger partial charge in [0.25, 0.3) is 23.6 Å². The third kappa shape index (κ3) is 3.43. The lowest BCUT2D eigenvalue weighted by molar-refractivity contribution is -0.119. The average molecular weight is 404 g/mol. The van der Waals surface area contributed by atoms with Gasteiger partial charge in [0, 0.05) is 25.9 Å². The van der Waals surface area contributed by atoms with E-state index in [2.05, 4.69) is 0 Å². The van der Waals surface area contributed by atoms with Crippen molar-refractivity contribution in [2.75, 3.05) is 13.1 Å². The number of imide groups is 2. The highest BCUT2D eigenvalue weighted by Gasteiger charge is 2.35. The summed E-state index contributed by atoms with van der Waals surface area (Å²) >= 11 is 0. The second-order valence-electron chi connectivity index (χ2n) is 7.36. The second kappa shape index (κ2) is 8.02. The van der Waals surface area contributed by atoms with Gasteiger partial charge in [-0.2, -0.15) is 0 Å². The first-order valence-electron chi connectivity index (χ1n) is 9.91. The number of benzene rings is 2. The van der Waals surface area contributed by atoms with Gasteiger partial charge in [0.1, 0.15) is 5.78 Å². The number of fused-ring (bicyclic) bond motifs is 2. The molecule has 0 bridgehead atoms. The molecule has 152 valence electrons. The molecule has 4 amide bonds. The molecule has 2 aromatic carbocycles. The first kappa shape index (κ1) is 19.7. The Bertz CT molecular complexity index is 921. The van der Waals surface area contributed by atoms with Crippen LogP contribution in [-0.4, -0.2) is 52.3 Å². The molecule has 0 spiro atoms. The van der Waals surface area contributed by atoms with Gasteiger partial charge in [-0.1, -0.05) is 24.3 Å². The van der Waals surface area contributed by atoms with Crippen molar-refractivity contribution in [3.8, 4) is 0 Å². The van der Waals surface area contributed by atoms with E-state index in [1.807, 2.05) is 0 Å². The third-order valence-electron chi connectivity index (χ3n) is 5.43. The van der Waals surface area contributed by atoms with Gasteiger partial charge in [0.05, 0.1) is 22.3 Å². The lowest BCUT2D eigenvalue weighted by atomic mass is 10.1. The highest BCUT2D eigenvalue weighted by atomic mass is 16.2. The van der Waals surface area contributed by atoms with Crippen LogP contribution in [0.15, 0.2) is 48.5 Å². The van der Waals surface area contributed by atoms with Crippen molar-refractivity contribution in [3.05, 3.63) is 70.8 Å². The predicted molar refractivity (Wildman–Crippen MR) is 107 cm³/mol. The maximum Gasteiger partial charge on any atom is 0.261 e. The summed E-state index contributed by atoms with van der Waals surface area (Å²) in [4.78, 5) is 63.8. The third-order valence-corrected chi connectivity index (χ3v) is 5.43. The molecule has 0 saturated carbocycles. The fourth-order valence-corrected chi connectivity index (χ4v) is 3.88. The van der Waals surface area contributed by atoms with E-state index in [0.29, 0.717) is 35.1 Å². The van der Waals surface area contributed by atoms with Crippen molar-refractivity contribution in [1.29, 1.82) is 0 Å². The summed E-state index contributed by atoms with van der Waals surface area (Å²) in [6.07, 6.45) is 1.24. The van der Waals surface area contributed by atoms with Gasteiger partial charge in [0.2, 0.25) is 0 Å². The van der Waals surface area contributed by atoms with Crippen molar-refractivity contribution in [2.45, 2.75) is 25.7 Å². The highest BCUT2D eigenvalue weighted by molar-refractivity contribution is 6.22. The summed E-state index contributed by atoms with van der Waals surface area (Å²) in [6, 6.07) is 13.4. The number of carbonyl (C=O) groups is 5. The molecule has 0 N–H and O–H groups in total. The van der Waals surface area contributed by atoms with E-state index in [0.717, 1.165) is 0 Å². The molecule has 7 nitrogen and oxygen atoms in total. The molecule has 0 radical (unpaired) electrons. The molecule has 2 heterocycles. The summed E-state index contributed by atoms with van der Waals surface area (Å²) in [5, 5.41) is 0. The maximum atomic E-state index is 12.3. The van der Waals surface area contributed by atoms with Gasteiger partial charge in [-0.3, -0.25) is 33.8 Å². The van der Waals surface area contributed by atoms with Crippen molar-refractivity contribution in [2.24, 2.45) is 0 Å². The summed E-state index contributed by atoms with van der Waals surface area (Å²) in [5.41, 5.74) is 1.59. The van der Waals surface area contributed by atoms with Gasteiger partial charge >= 0.3 is 0 Å². The van der Waals surface area contributed by atoms with Crippen LogP contribution in [0.25, 0.3) is 0 Å². The van der Waals surface area contributed by atoms with E-state index in [1.54, 1.807) is 48.5 Å². The zero-order valence-corrected chi connectivity index (χ0v) is 16.3. The Balaban J connectivity index is 1.21. The summed E-state index contributed by atoms with van der Waals surface area (Å²) in [5.74, 6) is -1.33. The maximum absolute atomic E-state index is 12.3. The van der Waals surface area contributed by atoms with E-state index in [-0.39, 0.29) is 55.3 Å². The minimum absolute atomic E-state index is 0.0248. The van der Waals surface area contributed by atoms with Crippen LogP contribution >= 0.6 is 0 Å². The molecule has 2 aromatic rings. The van der Waals surface area contributed by atoms with Gasteiger partial charge in [-0.25, -0.2) is 0 Å². The summed E-state index contributed by atoms with van der Waals surface area (Å²) in [6.45, 7) is 0.382. The summed E-state index contributed by atoms with van der Waals surface area (Å²) in [7, 11) is 0. The van der Waals surface area contributed by atoms with Crippen molar-refractivity contribution >= 4 is 29.4 Å². The van der Waals surface area contributed by atoms with Crippen LogP contribution in [0.2, 0.25) is 0 Å². The normalized spacial score (nSPS) is 15.1. The van der Waals surface area contributed by atoms with Crippen molar-refractivity contribution in [1.82, 2.24) is 9.80 Å². The molecule has 4 rings (SSSR count). The van der Waals surface area contributed by atoms with Crippen LogP contribution in [0.4, 0.5) is 0 Å². The minimum Gasteiger partial charge on any atom is -0.300 e. The fourth-order valence-electron chi connectivity index (χ4n) is 3.88. The van der Waals surface area contributed by atoms with E-state index < -0.39 is 0 Å². The Morgan fingerprint density at radius 3 is 1.17 bits per heavy atom. The molecule has 7 heteroatoms. The molecule has 0 aromatic heterocycles. The van der Waals surface area contributed by atoms with E-state index in [4.69, 9.17) is 0 Å². The predicted octanol–water partition coefficient (Wildman–Crippen LogP) is 2.71. The van der Waals surface area contributed by atoms with Gasteiger partial charge in [-0.05, 0) is 37.1 Å². The Labute approximate surface area is 173 Å². The minimum atomic E-state index is -0.325. The standard InChI is InChI=1S/C23H20N2O5/c26-15(7-5-13-24-20(27)16-9-1-2-10-17(16)21(24)28)8-6-14-25-22(29)18-11-3-4-12-19(18)23(25)30/h1-4,9-12H,5-8,13-14H2. The number of ketones is 1. The fraction of sp³-hybridized carbons (Fsp3) is 0.261. The molecular formula is C23H20N2O5. The Hall–Kier alpha value is -3.61. The van der Waals surface area contributed by atoms with E-state index >= 15 is 0 Å². The number of carbonyl (C=O) groups excluding carboxylic acids is 5. The van der Waals surface area contributed by atoms with Crippen LogP contribution in [0, 0.1) is 0 Å². The summed E-state index contributed by atoms with van der Waals surface area (Å²) < 4.78 is 0. The number of hydrogen-bond acceptors (Lipinski definition) is 5. The van der Waals surface area contributed by atoms with Crippen LogP contribution in [-0.2, 0) is 4.79 Å². The van der Waals surface area contributed by atoms with Crippen LogP contribution < -0.4 is 0 Å². The first-order valence-corrected chi connectivity index (χ1v) is 9.91. The Kier molecular flexibility index (Phi) is 5.27. The van der Waals surface area contributed by atoms with Crippen molar-refractivity contribution in [3.63, 3.8) is 0 Å². The second-order valence-corrected chi connectivity index (χ2v) is 7.36. The topological polar surface area (TPSA) is 91.8 Å². The van der Waals surface area contributed by atoms with Gasteiger partial charge in [-0.15, -0.1) is 0 Å². The quantitative estimate of drug-likeness (QED) is 0.631. The van der Waals surface area contributed by atoms with Crippen molar-refractivity contribution < 1.29 is 24.0 Å². The molecule has 0 fully saturated rings. The Morgan fingerprint density at radius 2 is 0.867 bits per heavy atom. The number of nitrogens with zero attached hydrogens (tertiary/aromatic N) is 2. The number of Topliss-reactive ketones (excluding diaryl/α,β-unsaturated/α-hetero) is 1. The highest BCUT2D eigenvalue weighted by Crippen LogP contribution is 2.24. The van der Waals surface area contributed by atoms with Crippen LogP contribution in [0.5, 0.6) is 0 Å². The molecular weight excluding hydrogens is 384 g/mol. The molecule has 0 unspecified atom stereocenters. The Morgan fingerprint density at radius 1 is 0.567 bits per heavy atom. The number of rotatable bonds is 8. The molecule has 0 atom stereocenters. The van der Waals surface area contributed by atoms with E-state index in [1.165, 1.54) is 9.80 Å². The zero-order valence-electron chi connectivity index (χ0n) is 16.3. The van der Waals surface area contributed by atoms with Gasteiger partial charge < -0.3 is 0 Å². The number of hydrogen-bond donors (Lipinski definition) is 0. The van der Waals surface area contributed by atoms with Crippen LogP contribution in [0.1, 0.15) is 67.1 Å². The van der Waals surface area contributed by atoms with Gasteiger partial charge in [0.15, 0.2) is 0 Å². The molecule has 0 saturated heterocycles. The zero-order chi connectivity index (χ0) is 21.3. The molecule has 2 aliphatic heterocycles. The lowest BCUT2D eigenvalue weighted by Gasteiger charge is -2.14.